The largest absolute Gasteiger partial charge is 0.467 e. The molecule has 2 unspecified atom stereocenters. The summed E-state index contributed by atoms with van der Waals surface area (Å²) in [4.78, 5) is 24.6. The second kappa shape index (κ2) is 5.50. The SMILES string of the molecule is COC(=O)C(C1COC1)N(C)C(=O)C(C)Cl. The molecule has 1 amide bonds. The molecule has 16 heavy (non-hydrogen) atoms. The van der Waals surface area contributed by atoms with Gasteiger partial charge in [0.1, 0.15) is 11.4 Å². The molecule has 1 saturated heterocycles. The maximum Gasteiger partial charge on any atom is 0.329 e. The van der Waals surface area contributed by atoms with E-state index in [9.17, 15) is 9.59 Å². The molecule has 0 bridgehead atoms. The van der Waals surface area contributed by atoms with E-state index in [4.69, 9.17) is 16.3 Å². The smallest absolute Gasteiger partial charge is 0.329 e. The highest BCUT2D eigenvalue weighted by molar-refractivity contribution is 6.30. The Labute approximate surface area is 99.6 Å². The first kappa shape index (κ1) is 13.3. The number of esters is 1. The molecule has 1 aliphatic heterocycles. The molecular weight excluding hydrogens is 234 g/mol. The zero-order chi connectivity index (χ0) is 12.3. The van der Waals surface area contributed by atoms with Crippen LogP contribution in [-0.2, 0) is 19.1 Å². The summed E-state index contributed by atoms with van der Waals surface area (Å²) >= 11 is 5.71. The van der Waals surface area contributed by atoms with Gasteiger partial charge >= 0.3 is 5.97 Å². The van der Waals surface area contributed by atoms with Crippen LogP contribution >= 0.6 is 11.6 Å². The van der Waals surface area contributed by atoms with Crippen molar-refractivity contribution in [3.8, 4) is 0 Å². The molecule has 0 N–H and O–H groups in total. The summed E-state index contributed by atoms with van der Waals surface area (Å²) in [5.74, 6) is -0.720. The number of carbonyl (C=O) groups excluding carboxylic acids is 2. The predicted molar refractivity (Wildman–Crippen MR) is 58.2 cm³/mol. The normalized spacial score (nSPS) is 19.5. The molecular formula is C10H16ClNO4. The standard InChI is InChI=1S/C10H16ClNO4/c1-6(11)9(13)12(2)8(10(14)15-3)7-4-16-5-7/h6-8H,4-5H2,1-3H3. The Balaban J connectivity index is 2.75. The summed E-state index contributed by atoms with van der Waals surface area (Å²) in [6, 6.07) is -0.604. The second-order valence-electron chi connectivity index (χ2n) is 3.83. The van der Waals surface area contributed by atoms with E-state index in [2.05, 4.69) is 4.74 Å². The van der Waals surface area contributed by atoms with Gasteiger partial charge in [0.25, 0.3) is 0 Å². The lowest BCUT2D eigenvalue weighted by Gasteiger charge is -2.37. The highest BCUT2D eigenvalue weighted by Crippen LogP contribution is 2.21. The van der Waals surface area contributed by atoms with Crippen molar-refractivity contribution in [1.29, 1.82) is 0 Å². The Kier molecular flexibility index (Phi) is 4.56. The van der Waals surface area contributed by atoms with E-state index < -0.39 is 17.4 Å². The van der Waals surface area contributed by atoms with Crippen LogP contribution in [0.3, 0.4) is 0 Å². The first-order chi connectivity index (χ1) is 7.49. The van der Waals surface area contributed by atoms with E-state index in [0.717, 1.165) is 0 Å². The third-order valence-electron chi connectivity index (χ3n) is 2.66. The van der Waals surface area contributed by atoms with Gasteiger partial charge in [-0.25, -0.2) is 4.79 Å². The van der Waals surface area contributed by atoms with Crippen molar-refractivity contribution in [2.45, 2.75) is 18.3 Å². The molecule has 0 radical (unpaired) electrons. The second-order valence-corrected chi connectivity index (χ2v) is 4.49. The Hall–Kier alpha value is -0.810. The topological polar surface area (TPSA) is 55.8 Å². The maximum atomic E-state index is 11.7. The van der Waals surface area contributed by atoms with Gasteiger partial charge in [-0.15, -0.1) is 11.6 Å². The number of hydrogen-bond donors (Lipinski definition) is 0. The number of ether oxygens (including phenoxy) is 2. The first-order valence-electron chi connectivity index (χ1n) is 5.05. The van der Waals surface area contributed by atoms with Gasteiger partial charge in [0.2, 0.25) is 5.91 Å². The van der Waals surface area contributed by atoms with Crippen LogP contribution in [0.2, 0.25) is 0 Å². The molecule has 1 rings (SSSR count). The van der Waals surface area contributed by atoms with Crippen LogP contribution in [0.1, 0.15) is 6.92 Å². The molecule has 0 saturated carbocycles. The van der Waals surface area contributed by atoms with Gasteiger partial charge < -0.3 is 14.4 Å². The van der Waals surface area contributed by atoms with Gasteiger partial charge in [0, 0.05) is 13.0 Å². The van der Waals surface area contributed by atoms with Crippen molar-refractivity contribution < 1.29 is 19.1 Å². The van der Waals surface area contributed by atoms with Crippen LogP contribution in [-0.4, -0.2) is 55.6 Å². The number of halogens is 1. The summed E-state index contributed by atoms with van der Waals surface area (Å²) in [5, 5.41) is -0.654. The lowest BCUT2D eigenvalue weighted by Crippen LogP contribution is -2.54. The summed E-state index contributed by atoms with van der Waals surface area (Å²) in [6.07, 6.45) is 0. The number of alkyl halides is 1. The van der Waals surface area contributed by atoms with Crippen molar-refractivity contribution in [2.24, 2.45) is 5.92 Å². The zero-order valence-electron chi connectivity index (χ0n) is 9.60. The molecule has 6 heteroatoms. The fourth-order valence-corrected chi connectivity index (χ4v) is 1.80. The summed E-state index contributed by atoms with van der Waals surface area (Å²) in [7, 11) is 2.86. The third-order valence-corrected chi connectivity index (χ3v) is 2.84. The number of amides is 1. The molecule has 0 aromatic heterocycles. The van der Waals surface area contributed by atoms with Crippen molar-refractivity contribution in [1.82, 2.24) is 4.90 Å². The van der Waals surface area contributed by atoms with Gasteiger partial charge in [0.05, 0.1) is 20.3 Å². The molecule has 0 aromatic rings. The van der Waals surface area contributed by atoms with Crippen molar-refractivity contribution in [3.63, 3.8) is 0 Å². The molecule has 1 heterocycles. The molecule has 0 spiro atoms. The van der Waals surface area contributed by atoms with E-state index in [1.807, 2.05) is 0 Å². The maximum absolute atomic E-state index is 11.7. The van der Waals surface area contributed by atoms with Gasteiger partial charge in [-0.1, -0.05) is 0 Å². The molecule has 0 aliphatic carbocycles. The first-order valence-corrected chi connectivity index (χ1v) is 5.49. The minimum absolute atomic E-state index is 0.00295. The Morgan fingerprint density at radius 2 is 2.06 bits per heavy atom. The van der Waals surface area contributed by atoms with E-state index >= 15 is 0 Å². The van der Waals surface area contributed by atoms with Crippen LogP contribution in [0.4, 0.5) is 0 Å². The summed E-state index contributed by atoms with van der Waals surface area (Å²) < 4.78 is 9.71. The van der Waals surface area contributed by atoms with Crippen LogP contribution in [0.15, 0.2) is 0 Å². The monoisotopic (exact) mass is 249 g/mol. The van der Waals surface area contributed by atoms with Crippen LogP contribution in [0, 0.1) is 5.92 Å². The van der Waals surface area contributed by atoms with E-state index in [0.29, 0.717) is 13.2 Å². The van der Waals surface area contributed by atoms with Crippen LogP contribution in [0.25, 0.3) is 0 Å². The van der Waals surface area contributed by atoms with Gasteiger partial charge in [-0.05, 0) is 6.92 Å². The highest BCUT2D eigenvalue weighted by atomic mass is 35.5. The minimum atomic E-state index is -0.654. The fraction of sp³-hybridized carbons (Fsp3) is 0.800. The van der Waals surface area contributed by atoms with Crippen molar-refractivity contribution >= 4 is 23.5 Å². The zero-order valence-corrected chi connectivity index (χ0v) is 10.4. The lowest BCUT2D eigenvalue weighted by atomic mass is 9.96. The Bertz CT molecular complexity index is 278. The molecule has 1 aliphatic rings. The minimum Gasteiger partial charge on any atom is -0.467 e. The van der Waals surface area contributed by atoms with Gasteiger partial charge in [-0.2, -0.15) is 0 Å². The Morgan fingerprint density at radius 3 is 2.38 bits per heavy atom. The van der Waals surface area contributed by atoms with Crippen LogP contribution in [0.5, 0.6) is 0 Å². The van der Waals surface area contributed by atoms with E-state index in [1.165, 1.54) is 12.0 Å². The molecule has 1 fully saturated rings. The lowest BCUT2D eigenvalue weighted by molar-refractivity contribution is -0.162. The molecule has 2 atom stereocenters. The molecule has 5 nitrogen and oxygen atoms in total. The van der Waals surface area contributed by atoms with Gasteiger partial charge in [-0.3, -0.25) is 4.79 Å². The Morgan fingerprint density at radius 1 is 1.50 bits per heavy atom. The summed E-state index contributed by atoms with van der Waals surface area (Å²) in [5.41, 5.74) is 0. The van der Waals surface area contributed by atoms with E-state index in [-0.39, 0.29) is 11.8 Å². The number of carbonyl (C=O) groups is 2. The highest BCUT2D eigenvalue weighted by Gasteiger charge is 2.40. The molecule has 92 valence electrons. The average Bonchev–Trinajstić information content (AvgIpc) is 2.19. The van der Waals surface area contributed by atoms with Crippen LogP contribution < -0.4 is 0 Å². The van der Waals surface area contributed by atoms with Crippen molar-refractivity contribution in [2.75, 3.05) is 27.4 Å². The summed E-state index contributed by atoms with van der Waals surface area (Å²) in [6.45, 7) is 2.51. The average molecular weight is 250 g/mol. The van der Waals surface area contributed by atoms with Crippen molar-refractivity contribution in [3.05, 3.63) is 0 Å². The number of nitrogens with zero attached hydrogens (tertiary/aromatic N) is 1. The quantitative estimate of drug-likeness (QED) is 0.530. The predicted octanol–water partition coefficient (Wildman–Crippen LogP) is 0.260. The van der Waals surface area contributed by atoms with E-state index in [1.54, 1.807) is 14.0 Å². The number of likely N-dealkylation sites (N-methyl/N-ethyl adjacent to an activating group) is 1. The fourth-order valence-electron chi connectivity index (χ4n) is 1.64. The molecule has 0 aromatic carbocycles. The number of rotatable bonds is 4. The number of methoxy groups -OCH3 is 1. The van der Waals surface area contributed by atoms with Gasteiger partial charge in [0.15, 0.2) is 0 Å². The number of hydrogen-bond acceptors (Lipinski definition) is 4. The third kappa shape index (κ3) is 2.65.